The molecule has 10 heteroatoms. The number of aromatic nitrogens is 1. The molecule has 1 aromatic heterocycles. The van der Waals surface area contributed by atoms with Crippen molar-refractivity contribution < 1.29 is 26.4 Å². The monoisotopic (exact) mass is 328 g/mol. The minimum Gasteiger partial charge on any atom is -0.336 e. The molecule has 0 bridgehead atoms. The molecule has 0 N–H and O–H groups in total. The molecule has 1 aromatic rings. The Kier molecular flexibility index (Phi) is 4.05. The first-order valence-electron chi connectivity index (χ1n) is 5.71. The summed E-state index contributed by atoms with van der Waals surface area (Å²) in [6, 6.07) is 0. The smallest absolute Gasteiger partial charge is 0.336 e. The SMILES string of the molecule is O=C(c1csc(C(F)(F)F)n1)N1CCCS(=O)(=O)CC1. The molecule has 112 valence electrons. The Labute approximate surface area is 117 Å². The largest absolute Gasteiger partial charge is 0.443 e. The minimum absolute atomic E-state index is 0.0123. The van der Waals surface area contributed by atoms with Gasteiger partial charge in [-0.05, 0) is 6.42 Å². The van der Waals surface area contributed by atoms with E-state index in [0.717, 1.165) is 5.38 Å². The molecule has 1 saturated heterocycles. The van der Waals surface area contributed by atoms with Crippen LogP contribution in [0.3, 0.4) is 0 Å². The van der Waals surface area contributed by atoms with Gasteiger partial charge < -0.3 is 4.90 Å². The van der Waals surface area contributed by atoms with Gasteiger partial charge in [-0.25, -0.2) is 13.4 Å². The van der Waals surface area contributed by atoms with Crippen molar-refractivity contribution in [3.8, 4) is 0 Å². The number of carbonyl (C=O) groups excluding carboxylic acids is 1. The summed E-state index contributed by atoms with van der Waals surface area (Å²) in [6.07, 6.45) is -4.30. The summed E-state index contributed by atoms with van der Waals surface area (Å²) in [4.78, 5) is 16.5. The lowest BCUT2D eigenvalue weighted by atomic mass is 10.3. The normalized spacial score (nSPS) is 19.6. The summed E-state index contributed by atoms with van der Waals surface area (Å²) in [5.41, 5.74) is -0.290. The quantitative estimate of drug-likeness (QED) is 0.782. The van der Waals surface area contributed by atoms with E-state index in [1.54, 1.807) is 0 Å². The molecule has 0 aromatic carbocycles. The third-order valence-electron chi connectivity index (χ3n) is 2.81. The van der Waals surface area contributed by atoms with Gasteiger partial charge in [-0.2, -0.15) is 13.2 Å². The van der Waals surface area contributed by atoms with Gasteiger partial charge in [0.05, 0.1) is 11.5 Å². The lowest BCUT2D eigenvalue weighted by Crippen LogP contribution is -2.33. The highest BCUT2D eigenvalue weighted by molar-refractivity contribution is 7.91. The fourth-order valence-electron chi connectivity index (χ4n) is 1.81. The highest BCUT2D eigenvalue weighted by atomic mass is 32.2. The number of hydrogen-bond acceptors (Lipinski definition) is 5. The molecule has 0 aliphatic carbocycles. The van der Waals surface area contributed by atoms with E-state index in [9.17, 15) is 26.4 Å². The Hall–Kier alpha value is -1.16. The second-order valence-corrected chi connectivity index (χ2v) is 7.49. The van der Waals surface area contributed by atoms with E-state index in [4.69, 9.17) is 0 Å². The summed E-state index contributed by atoms with van der Waals surface area (Å²) in [5, 5.41) is -0.0341. The first-order valence-corrected chi connectivity index (χ1v) is 8.41. The van der Waals surface area contributed by atoms with Gasteiger partial charge in [0.15, 0.2) is 14.8 Å². The Morgan fingerprint density at radius 1 is 1.30 bits per heavy atom. The fourth-order valence-corrected chi connectivity index (χ4v) is 3.74. The Bertz CT molecular complexity index is 610. The van der Waals surface area contributed by atoms with E-state index in [2.05, 4.69) is 4.98 Å². The van der Waals surface area contributed by atoms with Crippen molar-refractivity contribution in [2.45, 2.75) is 12.6 Å². The molecule has 0 spiro atoms. The van der Waals surface area contributed by atoms with E-state index in [-0.39, 0.29) is 36.7 Å². The number of sulfone groups is 1. The van der Waals surface area contributed by atoms with Crippen molar-refractivity contribution in [1.29, 1.82) is 0 Å². The summed E-state index contributed by atoms with van der Waals surface area (Å²) in [5.74, 6) is -0.842. The molecule has 1 aliphatic heterocycles. The maximum absolute atomic E-state index is 12.4. The third kappa shape index (κ3) is 3.48. The van der Waals surface area contributed by atoms with Crippen molar-refractivity contribution in [2.24, 2.45) is 0 Å². The number of alkyl halides is 3. The Morgan fingerprint density at radius 2 is 2.00 bits per heavy atom. The van der Waals surface area contributed by atoms with Crippen LogP contribution < -0.4 is 0 Å². The van der Waals surface area contributed by atoms with E-state index in [1.807, 2.05) is 0 Å². The zero-order valence-electron chi connectivity index (χ0n) is 10.2. The van der Waals surface area contributed by atoms with Crippen LogP contribution in [0.1, 0.15) is 21.9 Å². The average molecular weight is 328 g/mol. The Balaban J connectivity index is 2.13. The molecule has 2 rings (SSSR count). The first-order chi connectivity index (χ1) is 9.19. The fraction of sp³-hybridized carbons (Fsp3) is 0.600. The number of nitrogens with zero attached hydrogens (tertiary/aromatic N) is 2. The molecule has 1 aliphatic rings. The van der Waals surface area contributed by atoms with Crippen molar-refractivity contribution >= 4 is 27.1 Å². The summed E-state index contributed by atoms with van der Waals surface area (Å²) in [6.45, 7) is 0.191. The topological polar surface area (TPSA) is 67.3 Å². The zero-order chi connectivity index (χ0) is 15.0. The van der Waals surface area contributed by atoms with Crippen LogP contribution in [0.4, 0.5) is 13.2 Å². The molecule has 0 unspecified atom stereocenters. The van der Waals surface area contributed by atoms with E-state index in [1.165, 1.54) is 4.90 Å². The highest BCUT2D eigenvalue weighted by Crippen LogP contribution is 2.31. The van der Waals surface area contributed by atoms with Crippen LogP contribution >= 0.6 is 11.3 Å². The molecule has 2 heterocycles. The van der Waals surface area contributed by atoms with Crippen LogP contribution in [0.2, 0.25) is 0 Å². The highest BCUT2D eigenvalue weighted by Gasteiger charge is 2.36. The molecule has 1 amide bonds. The number of amides is 1. The maximum atomic E-state index is 12.4. The van der Waals surface area contributed by atoms with Gasteiger partial charge in [0, 0.05) is 18.5 Å². The summed E-state index contributed by atoms with van der Waals surface area (Å²) < 4.78 is 60.1. The number of rotatable bonds is 1. The number of carbonyl (C=O) groups is 1. The van der Waals surface area contributed by atoms with Gasteiger partial charge >= 0.3 is 6.18 Å². The molecule has 0 radical (unpaired) electrons. The number of halogens is 3. The lowest BCUT2D eigenvalue weighted by Gasteiger charge is -2.18. The predicted octanol–water partition coefficient (Wildman–Crippen LogP) is 1.42. The average Bonchev–Trinajstić information content (AvgIpc) is 2.75. The summed E-state index contributed by atoms with van der Waals surface area (Å²) in [7, 11) is -3.18. The van der Waals surface area contributed by atoms with Gasteiger partial charge in [-0.1, -0.05) is 0 Å². The van der Waals surface area contributed by atoms with Crippen LogP contribution in [0.25, 0.3) is 0 Å². The van der Waals surface area contributed by atoms with Crippen LogP contribution in [-0.2, 0) is 16.0 Å². The predicted molar refractivity (Wildman–Crippen MR) is 66.3 cm³/mol. The maximum Gasteiger partial charge on any atom is 0.443 e. The number of hydrogen-bond donors (Lipinski definition) is 0. The van der Waals surface area contributed by atoms with Gasteiger partial charge in [-0.15, -0.1) is 11.3 Å². The van der Waals surface area contributed by atoms with E-state index < -0.39 is 26.9 Å². The van der Waals surface area contributed by atoms with E-state index in [0.29, 0.717) is 11.3 Å². The van der Waals surface area contributed by atoms with E-state index >= 15 is 0 Å². The van der Waals surface area contributed by atoms with Crippen molar-refractivity contribution in [3.63, 3.8) is 0 Å². The molecule has 1 fully saturated rings. The standard InChI is InChI=1S/C10H11F3N2O3S2/c11-10(12,13)9-14-7(6-19-9)8(16)15-2-1-4-20(17,18)5-3-15/h6H,1-5H2. The summed E-state index contributed by atoms with van der Waals surface area (Å²) >= 11 is 0.352. The van der Waals surface area contributed by atoms with Crippen LogP contribution in [0.15, 0.2) is 5.38 Å². The van der Waals surface area contributed by atoms with Gasteiger partial charge in [0.25, 0.3) is 5.91 Å². The molecule has 0 atom stereocenters. The van der Waals surface area contributed by atoms with Crippen LogP contribution in [0.5, 0.6) is 0 Å². The lowest BCUT2D eigenvalue weighted by molar-refractivity contribution is -0.137. The van der Waals surface area contributed by atoms with Crippen molar-refractivity contribution in [1.82, 2.24) is 9.88 Å². The zero-order valence-corrected chi connectivity index (χ0v) is 11.8. The minimum atomic E-state index is -4.58. The Morgan fingerprint density at radius 3 is 2.60 bits per heavy atom. The van der Waals surface area contributed by atoms with Gasteiger partial charge in [-0.3, -0.25) is 4.79 Å². The number of thiazole rings is 1. The van der Waals surface area contributed by atoms with Crippen molar-refractivity contribution in [3.05, 3.63) is 16.1 Å². The van der Waals surface area contributed by atoms with Crippen molar-refractivity contribution in [2.75, 3.05) is 24.6 Å². The molecule has 0 saturated carbocycles. The molecule has 5 nitrogen and oxygen atoms in total. The molecule has 20 heavy (non-hydrogen) atoms. The second-order valence-electron chi connectivity index (χ2n) is 4.33. The van der Waals surface area contributed by atoms with Gasteiger partial charge in [0.1, 0.15) is 5.69 Å². The van der Waals surface area contributed by atoms with Crippen LogP contribution in [-0.4, -0.2) is 48.8 Å². The van der Waals surface area contributed by atoms with Crippen LogP contribution in [0, 0.1) is 0 Å². The first kappa shape index (κ1) is 15.2. The van der Waals surface area contributed by atoms with Gasteiger partial charge in [0.2, 0.25) is 0 Å². The second kappa shape index (κ2) is 5.32. The third-order valence-corrected chi connectivity index (χ3v) is 5.41. The molecular formula is C10H11F3N2O3S2. The molecular weight excluding hydrogens is 317 g/mol.